The lowest BCUT2D eigenvalue weighted by atomic mass is 10.1. The topological polar surface area (TPSA) is 60.2 Å². The van der Waals surface area contributed by atoms with Gasteiger partial charge < -0.3 is 10.6 Å². The van der Waals surface area contributed by atoms with Gasteiger partial charge in [0.2, 0.25) is 0 Å². The van der Waals surface area contributed by atoms with Crippen molar-refractivity contribution in [2.24, 2.45) is 4.99 Å². The van der Waals surface area contributed by atoms with Gasteiger partial charge in [0.15, 0.2) is 0 Å². The maximum absolute atomic E-state index is 8.95. The summed E-state index contributed by atoms with van der Waals surface area (Å²) in [6.45, 7) is 3.59. The van der Waals surface area contributed by atoms with E-state index in [1.54, 1.807) is 0 Å². The molecule has 2 aromatic rings. The van der Waals surface area contributed by atoms with Crippen molar-refractivity contribution in [1.29, 1.82) is 5.26 Å². The van der Waals surface area contributed by atoms with Crippen LogP contribution in [0.3, 0.4) is 0 Å². The zero-order valence-electron chi connectivity index (χ0n) is 13.2. The molecule has 23 heavy (non-hydrogen) atoms. The summed E-state index contributed by atoms with van der Waals surface area (Å²) in [5.41, 5.74) is 3.06. The summed E-state index contributed by atoms with van der Waals surface area (Å²) in [6.07, 6.45) is 0. The molecule has 1 unspecified atom stereocenters. The molecule has 0 spiro atoms. The summed E-state index contributed by atoms with van der Waals surface area (Å²) >= 11 is 0. The molecule has 0 saturated heterocycles. The SMILES string of the molecule is C[C@H](NCc1cccc(C#N)c1)C1=NCC(c2ccccc2)N1. The molecule has 0 aromatic heterocycles. The molecule has 0 radical (unpaired) electrons. The van der Waals surface area contributed by atoms with E-state index in [4.69, 9.17) is 5.26 Å². The molecule has 1 aliphatic heterocycles. The standard InChI is InChI=1S/C19H20N4/c1-14(21-12-16-7-5-6-15(10-16)11-20)19-22-13-18(23-19)17-8-3-2-4-9-17/h2-10,14,18,21H,12-13H2,1H3,(H,22,23)/t14-,18?/m0/s1. The first-order valence-electron chi connectivity index (χ1n) is 7.84. The lowest BCUT2D eigenvalue weighted by Crippen LogP contribution is -2.40. The minimum absolute atomic E-state index is 0.148. The largest absolute Gasteiger partial charge is 0.364 e. The summed E-state index contributed by atoms with van der Waals surface area (Å²) in [7, 11) is 0. The third-order valence-electron chi connectivity index (χ3n) is 4.05. The highest BCUT2D eigenvalue weighted by molar-refractivity contribution is 5.89. The van der Waals surface area contributed by atoms with Crippen molar-refractivity contribution in [2.75, 3.05) is 6.54 Å². The van der Waals surface area contributed by atoms with Crippen LogP contribution in [0.5, 0.6) is 0 Å². The van der Waals surface area contributed by atoms with E-state index in [1.807, 2.05) is 30.3 Å². The second-order valence-electron chi connectivity index (χ2n) is 5.75. The molecule has 2 atom stereocenters. The number of aliphatic imine (C=N–C) groups is 1. The van der Waals surface area contributed by atoms with E-state index >= 15 is 0 Å². The Morgan fingerprint density at radius 1 is 1.26 bits per heavy atom. The van der Waals surface area contributed by atoms with E-state index in [2.05, 4.69) is 52.9 Å². The molecule has 0 saturated carbocycles. The third-order valence-corrected chi connectivity index (χ3v) is 4.05. The van der Waals surface area contributed by atoms with Crippen LogP contribution in [0.2, 0.25) is 0 Å². The molecule has 0 bridgehead atoms. The Morgan fingerprint density at radius 2 is 2.09 bits per heavy atom. The van der Waals surface area contributed by atoms with Gasteiger partial charge in [-0.1, -0.05) is 42.5 Å². The summed E-state index contributed by atoms with van der Waals surface area (Å²) in [5.74, 6) is 0.996. The van der Waals surface area contributed by atoms with Crippen LogP contribution in [0.25, 0.3) is 0 Å². The summed E-state index contributed by atoms with van der Waals surface area (Å²) in [6, 6.07) is 20.6. The molecule has 4 nitrogen and oxygen atoms in total. The van der Waals surface area contributed by atoms with Gasteiger partial charge in [0, 0.05) is 6.54 Å². The second kappa shape index (κ2) is 7.08. The number of hydrogen-bond donors (Lipinski definition) is 2. The fourth-order valence-corrected chi connectivity index (χ4v) is 2.71. The van der Waals surface area contributed by atoms with E-state index in [0.29, 0.717) is 12.1 Å². The number of rotatable bonds is 5. The van der Waals surface area contributed by atoms with Gasteiger partial charge in [0.1, 0.15) is 5.84 Å². The molecule has 1 heterocycles. The van der Waals surface area contributed by atoms with Crippen molar-refractivity contribution < 1.29 is 0 Å². The highest BCUT2D eigenvalue weighted by Gasteiger charge is 2.22. The van der Waals surface area contributed by atoms with E-state index in [9.17, 15) is 0 Å². The van der Waals surface area contributed by atoms with Crippen LogP contribution in [-0.4, -0.2) is 18.4 Å². The van der Waals surface area contributed by atoms with Gasteiger partial charge in [0.05, 0.1) is 30.3 Å². The second-order valence-corrected chi connectivity index (χ2v) is 5.75. The van der Waals surface area contributed by atoms with Gasteiger partial charge in [-0.3, -0.25) is 4.99 Å². The first-order chi connectivity index (χ1) is 11.3. The van der Waals surface area contributed by atoms with Crippen molar-refractivity contribution in [3.05, 3.63) is 71.3 Å². The van der Waals surface area contributed by atoms with E-state index in [-0.39, 0.29) is 12.1 Å². The van der Waals surface area contributed by atoms with Crippen LogP contribution in [-0.2, 0) is 6.54 Å². The van der Waals surface area contributed by atoms with E-state index in [0.717, 1.165) is 17.9 Å². The third kappa shape index (κ3) is 3.77. The first kappa shape index (κ1) is 15.3. The molecule has 2 aromatic carbocycles. The number of amidine groups is 1. The van der Waals surface area contributed by atoms with Crippen LogP contribution < -0.4 is 10.6 Å². The quantitative estimate of drug-likeness (QED) is 0.893. The highest BCUT2D eigenvalue weighted by atomic mass is 15.1. The average Bonchev–Trinajstić information content (AvgIpc) is 3.11. The van der Waals surface area contributed by atoms with Crippen LogP contribution >= 0.6 is 0 Å². The zero-order chi connectivity index (χ0) is 16.1. The fraction of sp³-hybridized carbons (Fsp3) is 0.263. The zero-order valence-corrected chi connectivity index (χ0v) is 13.2. The van der Waals surface area contributed by atoms with Crippen molar-refractivity contribution >= 4 is 5.84 Å². The number of nitriles is 1. The van der Waals surface area contributed by atoms with Crippen molar-refractivity contribution in [3.8, 4) is 6.07 Å². The van der Waals surface area contributed by atoms with Gasteiger partial charge in [-0.15, -0.1) is 0 Å². The Morgan fingerprint density at radius 3 is 2.87 bits per heavy atom. The van der Waals surface area contributed by atoms with Crippen molar-refractivity contribution in [3.63, 3.8) is 0 Å². The molecular formula is C19H20N4. The number of nitrogens with one attached hydrogen (secondary N) is 2. The van der Waals surface area contributed by atoms with Crippen molar-refractivity contribution in [1.82, 2.24) is 10.6 Å². The Bertz CT molecular complexity index is 731. The number of nitrogens with zero attached hydrogens (tertiary/aromatic N) is 2. The molecule has 116 valence electrons. The summed E-state index contributed by atoms with van der Waals surface area (Å²) in [4.78, 5) is 4.63. The minimum atomic E-state index is 0.148. The molecule has 0 fully saturated rings. The molecule has 0 aliphatic carbocycles. The Kier molecular flexibility index (Phi) is 4.70. The normalized spacial score (nSPS) is 17.9. The molecule has 2 N–H and O–H groups in total. The molecule has 1 aliphatic rings. The fourth-order valence-electron chi connectivity index (χ4n) is 2.71. The summed E-state index contributed by atoms with van der Waals surface area (Å²) in [5, 5.41) is 15.9. The minimum Gasteiger partial charge on any atom is -0.364 e. The maximum Gasteiger partial charge on any atom is 0.114 e. The number of benzene rings is 2. The Balaban J connectivity index is 1.55. The Hall–Kier alpha value is -2.64. The van der Waals surface area contributed by atoms with Crippen LogP contribution in [0.15, 0.2) is 59.6 Å². The predicted molar refractivity (Wildman–Crippen MR) is 92.1 cm³/mol. The van der Waals surface area contributed by atoms with Gasteiger partial charge >= 0.3 is 0 Å². The van der Waals surface area contributed by atoms with Gasteiger partial charge in [-0.05, 0) is 30.2 Å². The average molecular weight is 304 g/mol. The lowest BCUT2D eigenvalue weighted by molar-refractivity contribution is 0.633. The lowest BCUT2D eigenvalue weighted by Gasteiger charge is -2.17. The van der Waals surface area contributed by atoms with Gasteiger partial charge in [-0.25, -0.2) is 0 Å². The summed E-state index contributed by atoms with van der Waals surface area (Å²) < 4.78 is 0. The van der Waals surface area contributed by atoms with E-state index in [1.165, 1.54) is 5.56 Å². The van der Waals surface area contributed by atoms with E-state index < -0.39 is 0 Å². The van der Waals surface area contributed by atoms with Crippen molar-refractivity contribution in [2.45, 2.75) is 25.6 Å². The number of hydrogen-bond acceptors (Lipinski definition) is 4. The maximum atomic E-state index is 8.95. The van der Waals surface area contributed by atoms with Gasteiger partial charge in [-0.2, -0.15) is 5.26 Å². The highest BCUT2D eigenvalue weighted by Crippen LogP contribution is 2.17. The van der Waals surface area contributed by atoms with Gasteiger partial charge in [0.25, 0.3) is 0 Å². The Labute approximate surface area is 136 Å². The smallest absolute Gasteiger partial charge is 0.114 e. The molecular weight excluding hydrogens is 284 g/mol. The molecule has 4 heteroatoms. The van der Waals surface area contributed by atoms with Crippen LogP contribution in [0.1, 0.15) is 29.7 Å². The first-order valence-corrected chi connectivity index (χ1v) is 7.84. The van der Waals surface area contributed by atoms with Crippen LogP contribution in [0, 0.1) is 11.3 Å². The predicted octanol–water partition coefficient (Wildman–Crippen LogP) is 2.78. The van der Waals surface area contributed by atoms with Crippen LogP contribution in [0.4, 0.5) is 0 Å². The monoisotopic (exact) mass is 304 g/mol. The molecule has 0 amide bonds. The molecule has 3 rings (SSSR count).